The third-order valence-corrected chi connectivity index (χ3v) is 4.22. The molecule has 0 aliphatic carbocycles. The van der Waals surface area contributed by atoms with Gasteiger partial charge < -0.3 is 9.47 Å². The van der Waals surface area contributed by atoms with Gasteiger partial charge in [-0.1, -0.05) is 36.4 Å². The minimum atomic E-state index is -4.55. The first-order chi connectivity index (χ1) is 13.9. The van der Waals surface area contributed by atoms with Crippen molar-refractivity contribution >= 4 is 12.0 Å². The summed E-state index contributed by atoms with van der Waals surface area (Å²) in [6.45, 7) is 2.08. The van der Waals surface area contributed by atoms with E-state index in [1.165, 1.54) is 23.8 Å². The van der Waals surface area contributed by atoms with Crippen LogP contribution in [0.4, 0.5) is 13.2 Å². The molecule has 0 aromatic heterocycles. The fourth-order valence-corrected chi connectivity index (χ4v) is 2.79. The minimum Gasteiger partial charge on any atom is -0.493 e. The maximum atomic E-state index is 13.4. The monoisotopic (exact) mass is 406 g/mol. The molecule has 6 heteroatoms. The van der Waals surface area contributed by atoms with Gasteiger partial charge in [0.05, 0.1) is 18.8 Å². The molecule has 29 heavy (non-hydrogen) atoms. The molecule has 0 amide bonds. The Morgan fingerprint density at radius 2 is 1.79 bits per heavy atom. The van der Waals surface area contributed by atoms with Crippen LogP contribution in [-0.2, 0) is 22.1 Å². The zero-order valence-electron chi connectivity index (χ0n) is 16.4. The molecule has 2 aromatic carbocycles. The lowest BCUT2D eigenvalue weighted by molar-refractivity contribution is -0.139. The molecule has 2 rings (SSSR count). The first-order valence-corrected chi connectivity index (χ1v) is 9.63. The van der Waals surface area contributed by atoms with Gasteiger partial charge in [0.15, 0.2) is 0 Å². The number of rotatable bonds is 10. The minimum absolute atomic E-state index is 0.200. The first-order valence-electron chi connectivity index (χ1n) is 9.63. The van der Waals surface area contributed by atoms with Crippen molar-refractivity contribution in [1.29, 1.82) is 0 Å². The molecule has 0 N–H and O–H groups in total. The van der Waals surface area contributed by atoms with Crippen molar-refractivity contribution in [3.8, 4) is 5.75 Å². The van der Waals surface area contributed by atoms with Crippen LogP contribution < -0.4 is 4.74 Å². The molecule has 0 radical (unpaired) electrons. The first kappa shape index (κ1) is 22.5. The second-order valence-electron chi connectivity index (χ2n) is 6.48. The summed E-state index contributed by atoms with van der Waals surface area (Å²) in [7, 11) is 0. The summed E-state index contributed by atoms with van der Waals surface area (Å²) in [5.74, 6) is -0.800. The smallest absolute Gasteiger partial charge is 0.419 e. The summed E-state index contributed by atoms with van der Waals surface area (Å²) in [6, 6.07) is 13.8. The molecule has 0 saturated heterocycles. The maximum Gasteiger partial charge on any atom is 0.419 e. The van der Waals surface area contributed by atoms with Crippen LogP contribution in [0.25, 0.3) is 6.08 Å². The van der Waals surface area contributed by atoms with E-state index in [0.29, 0.717) is 6.42 Å². The van der Waals surface area contributed by atoms with Crippen molar-refractivity contribution < 1.29 is 27.4 Å². The van der Waals surface area contributed by atoms with Crippen molar-refractivity contribution in [2.45, 2.75) is 38.8 Å². The second-order valence-corrected chi connectivity index (χ2v) is 6.48. The normalized spacial score (nSPS) is 11.6. The third kappa shape index (κ3) is 8.02. The standard InChI is InChI=1S/C23H25F3O3/c1-2-28-22(27)15-13-19-12-14-21(20(17-19)23(24,25)26)29-16-8-4-7-11-18-9-5-3-6-10-18/h3,5-6,9-10,12-15,17H,2,4,7-8,11,16H2,1H3/b15-13+. The number of hydrogen-bond acceptors (Lipinski definition) is 3. The summed E-state index contributed by atoms with van der Waals surface area (Å²) < 4.78 is 50.2. The number of alkyl halides is 3. The Balaban J connectivity index is 1.89. The van der Waals surface area contributed by atoms with Crippen molar-refractivity contribution in [2.24, 2.45) is 0 Å². The largest absolute Gasteiger partial charge is 0.493 e. The van der Waals surface area contributed by atoms with E-state index in [0.717, 1.165) is 31.4 Å². The van der Waals surface area contributed by atoms with E-state index >= 15 is 0 Å². The Hall–Kier alpha value is -2.76. The van der Waals surface area contributed by atoms with Gasteiger partial charge in [0.2, 0.25) is 0 Å². The maximum absolute atomic E-state index is 13.4. The number of hydrogen-bond donors (Lipinski definition) is 0. The molecule has 0 spiro atoms. The summed E-state index contributed by atoms with van der Waals surface area (Å²) in [5, 5.41) is 0. The Labute approximate surface area is 169 Å². The molecule has 156 valence electrons. The van der Waals surface area contributed by atoms with Gasteiger partial charge in [0, 0.05) is 6.08 Å². The molecule has 3 nitrogen and oxygen atoms in total. The van der Waals surface area contributed by atoms with Gasteiger partial charge in [0.1, 0.15) is 5.75 Å². The molecule has 0 saturated carbocycles. The molecule has 0 heterocycles. The van der Waals surface area contributed by atoms with Crippen LogP contribution in [0.3, 0.4) is 0 Å². The topological polar surface area (TPSA) is 35.5 Å². The average molecular weight is 406 g/mol. The van der Waals surface area contributed by atoms with Crippen molar-refractivity contribution in [2.75, 3.05) is 13.2 Å². The van der Waals surface area contributed by atoms with Gasteiger partial charge in [-0.15, -0.1) is 0 Å². The van der Waals surface area contributed by atoms with E-state index in [1.54, 1.807) is 6.92 Å². The molecule has 0 aliphatic rings. The number of carbonyl (C=O) groups is 1. The van der Waals surface area contributed by atoms with Gasteiger partial charge in [0.25, 0.3) is 0 Å². The number of halogens is 3. The van der Waals surface area contributed by atoms with E-state index in [-0.39, 0.29) is 24.5 Å². The Morgan fingerprint density at radius 3 is 2.48 bits per heavy atom. The van der Waals surface area contributed by atoms with Gasteiger partial charge in [-0.25, -0.2) is 4.79 Å². The van der Waals surface area contributed by atoms with E-state index in [4.69, 9.17) is 9.47 Å². The Kier molecular flexibility index (Phi) is 8.77. The highest BCUT2D eigenvalue weighted by atomic mass is 19.4. The molecule has 0 atom stereocenters. The molecule has 2 aromatic rings. The molecule has 0 aliphatic heterocycles. The molecular weight excluding hydrogens is 381 g/mol. The van der Waals surface area contributed by atoms with E-state index < -0.39 is 17.7 Å². The van der Waals surface area contributed by atoms with Gasteiger partial charge >= 0.3 is 12.1 Å². The van der Waals surface area contributed by atoms with Crippen LogP contribution in [-0.4, -0.2) is 19.2 Å². The number of esters is 1. The number of carbonyl (C=O) groups excluding carboxylic acids is 1. The van der Waals surface area contributed by atoms with Gasteiger partial charge in [-0.2, -0.15) is 13.2 Å². The Morgan fingerprint density at radius 1 is 1.03 bits per heavy atom. The number of aryl methyl sites for hydroxylation is 1. The number of benzene rings is 2. The van der Waals surface area contributed by atoms with Crippen LogP contribution in [0.2, 0.25) is 0 Å². The van der Waals surface area contributed by atoms with Crippen LogP contribution in [0.5, 0.6) is 5.75 Å². The van der Waals surface area contributed by atoms with Gasteiger partial charge in [-0.05, 0) is 61.9 Å². The lowest BCUT2D eigenvalue weighted by atomic mass is 10.1. The lowest BCUT2D eigenvalue weighted by Gasteiger charge is -2.15. The highest BCUT2D eigenvalue weighted by Gasteiger charge is 2.34. The highest BCUT2D eigenvalue weighted by molar-refractivity contribution is 5.87. The average Bonchev–Trinajstić information content (AvgIpc) is 2.70. The SMILES string of the molecule is CCOC(=O)/C=C/c1ccc(OCCCCCc2ccccc2)c(C(F)(F)F)c1. The van der Waals surface area contributed by atoms with Crippen LogP contribution in [0.1, 0.15) is 42.9 Å². The lowest BCUT2D eigenvalue weighted by Crippen LogP contribution is -2.10. The third-order valence-electron chi connectivity index (χ3n) is 4.22. The summed E-state index contributed by atoms with van der Waals surface area (Å²) >= 11 is 0. The summed E-state index contributed by atoms with van der Waals surface area (Å²) in [4.78, 5) is 11.3. The van der Waals surface area contributed by atoms with E-state index in [2.05, 4.69) is 12.1 Å². The van der Waals surface area contributed by atoms with Crippen LogP contribution in [0, 0.1) is 0 Å². The van der Waals surface area contributed by atoms with Crippen molar-refractivity contribution in [1.82, 2.24) is 0 Å². The van der Waals surface area contributed by atoms with E-state index in [1.807, 2.05) is 18.2 Å². The van der Waals surface area contributed by atoms with Gasteiger partial charge in [-0.3, -0.25) is 0 Å². The predicted molar refractivity (Wildman–Crippen MR) is 107 cm³/mol. The van der Waals surface area contributed by atoms with E-state index in [9.17, 15) is 18.0 Å². The summed E-state index contributed by atoms with van der Waals surface area (Å²) in [6.07, 6.45) is 1.29. The molecule has 0 bridgehead atoms. The molecule has 0 fully saturated rings. The zero-order chi connectivity index (χ0) is 21.1. The predicted octanol–water partition coefficient (Wildman–Crippen LogP) is 6.07. The highest BCUT2D eigenvalue weighted by Crippen LogP contribution is 2.37. The Bertz CT molecular complexity index is 799. The second kappa shape index (κ2) is 11.3. The zero-order valence-corrected chi connectivity index (χ0v) is 16.4. The fraction of sp³-hybridized carbons (Fsp3) is 0.348. The van der Waals surface area contributed by atoms with Crippen molar-refractivity contribution in [3.63, 3.8) is 0 Å². The quantitative estimate of drug-likeness (QED) is 0.273. The van der Waals surface area contributed by atoms with Crippen molar-refractivity contribution in [3.05, 3.63) is 71.3 Å². The fourth-order valence-electron chi connectivity index (χ4n) is 2.79. The molecule has 0 unspecified atom stereocenters. The molecular formula is C23H25F3O3. The number of unbranched alkanes of at least 4 members (excludes halogenated alkanes) is 2. The van der Waals surface area contributed by atoms with Crippen LogP contribution in [0.15, 0.2) is 54.6 Å². The van der Waals surface area contributed by atoms with Crippen LogP contribution >= 0.6 is 0 Å². The summed E-state index contributed by atoms with van der Waals surface area (Å²) in [5.41, 5.74) is 0.646. The number of ether oxygens (including phenoxy) is 2.